The van der Waals surface area contributed by atoms with Crippen molar-refractivity contribution in [2.75, 3.05) is 33.4 Å². The fourth-order valence-electron chi connectivity index (χ4n) is 5.83. The number of nitrogens with zero attached hydrogens (tertiary/aromatic N) is 4. The van der Waals surface area contributed by atoms with Crippen LogP contribution in [0.5, 0.6) is 5.88 Å². The van der Waals surface area contributed by atoms with Crippen LogP contribution in [0, 0.1) is 5.82 Å². The Hall–Kier alpha value is -1.71. The second kappa shape index (κ2) is 6.89. The summed E-state index contributed by atoms with van der Waals surface area (Å²) in [6, 6.07) is 0. The molecule has 3 fully saturated rings. The number of pyridine rings is 1. The molecule has 6 rings (SSSR count). The zero-order chi connectivity index (χ0) is 22.3. The van der Waals surface area contributed by atoms with E-state index in [1.54, 1.807) is 0 Å². The standard InChI is InChI=1S/C21H26ClF2N5O2/c1-28-17-13-15(14(24)16(22)26-18(13)30-10-20(28)4-2-5-20)25-19(27-17)31-11-21-6-3-7-29(21)9-12(23)8-21/h12,19,27H,2-11H2,1H3/t12-,19?,21+/m1/s1/i/hD. The molecule has 0 bridgehead atoms. The number of halogens is 3. The van der Waals surface area contributed by atoms with Gasteiger partial charge in [-0.1, -0.05) is 11.6 Å². The highest BCUT2D eigenvalue weighted by Gasteiger charge is 2.50. The maximum absolute atomic E-state index is 15.1. The summed E-state index contributed by atoms with van der Waals surface area (Å²) in [6.07, 6.45) is 3.15. The molecule has 1 saturated carbocycles. The summed E-state index contributed by atoms with van der Waals surface area (Å²) in [5, 5.41) is 1.19. The van der Waals surface area contributed by atoms with E-state index in [4.69, 9.17) is 22.5 Å². The molecule has 0 radical (unpaired) electrons. The zero-order valence-corrected chi connectivity index (χ0v) is 18.2. The van der Waals surface area contributed by atoms with Gasteiger partial charge < -0.3 is 19.7 Å². The minimum absolute atomic E-state index is 0.00212. The molecule has 5 heterocycles. The number of hydrogen-bond acceptors (Lipinski definition) is 7. The lowest BCUT2D eigenvalue weighted by Gasteiger charge is -2.49. The van der Waals surface area contributed by atoms with Gasteiger partial charge in [0.05, 0.1) is 12.1 Å². The summed E-state index contributed by atoms with van der Waals surface area (Å²) >= 11 is 6.06. The van der Waals surface area contributed by atoms with Crippen LogP contribution in [0.1, 0.15) is 38.5 Å². The molecule has 31 heavy (non-hydrogen) atoms. The highest BCUT2D eigenvalue weighted by molar-refractivity contribution is 6.29. The molecule has 0 aromatic carbocycles. The maximum Gasteiger partial charge on any atom is 0.228 e. The fourth-order valence-corrected chi connectivity index (χ4v) is 6.00. The predicted molar refractivity (Wildman–Crippen MR) is 109 cm³/mol. The molecule has 4 aliphatic heterocycles. The van der Waals surface area contributed by atoms with Crippen molar-refractivity contribution in [3.8, 4) is 5.88 Å². The Morgan fingerprint density at radius 2 is 2.23 bits per heavy atom. The first kappa shape index (κ1) is 18.8. The van der Waals surface area contributed by atoms with E-state index >= 15 is 4.39 Å². The fraction of sp³-hybridized carbons (Fsp3) is 0.714. The Morgan fingerprint density at radius 3 is 3.00 bits per heavy atom. The van der Waals surface area contributed by atoms with Crippen LogP contribution in [0.3, 0.4) is 0 Å². The number of likely N-dealkylation sites (N-methyl/N-ethyl adjacent to an activating group) is 1. The number of hydrogen-bond donors (Lipinski definition) is 1. The van der Waals surface area contributed by atoms with E-state index in [9.17, 15) is 4.39 Å². The van der Waals surface area contributed by atoms with Gasteiger partial charge in [-0.15, -0.1) is 0 Å². The molecule has 0 amide bonds. The summed E-state index contributed by atoms with van der Waals surface area (Å²) in [6.45, 7) is 1.87. The van der Waals surface area contributed by atoms with E-state index in [-0.39, 0.29) is 34.1 Å². The third-order valence-electron chi connectivity index (χ3n) is 7.79. The van der Waals surface area contributed by atoms with Crippen LogP contribution in [0.2, 0.25) is 6.56 Å². The van der Waals surface area contributed by atoms with Gasteiger partial charge in [0.2, 0.25) is 12.2 Å². The van der Waals surface area contributed by atoms with E-state index in [0.29, 0.717) is 30.6 Å². The van der Waals surface area contributed by atoms with Gasteiger partial charge in [0.25, 0.3) is 0 Å². The number of aromatic nitrogens is 1. The van der Waals surface area contributed by atoms with E-state index in [2.05, 4.69) is 14.9 Å². The number of ether oxygens (including phenoxy) is 2. The Balaban J connectivity index is 1.41. The second-order valence-corrected chi connectivity index (χ2v) is 9.82. The molecule has 10 heteroatoms. The zero-order valence-electron chi connectivity index (χ0n) is 18.4. The molecule has 1 N–H and O–H groups in total. The summed E-state index contributed by atoms with van der Waals surface area (Å²) in [5.41, 5.74) is -0.667. The summed E-state index contributed by atoms with van der Waals surface area (Å²) in [5.74, 6) is -0.115. The largest absolute Gasteiger partial charge is 0.475 e. The Morgan fingerprint density at radius 1 is 1.39 bits per heavy atom. The van der Waals surface area contributed by atoms with Gasteiger partial charge in [-0.05, 0) is 38.6 Å². The topological polar surface area (TPSA) is 62.2 Å². The molecule has 3 atom stereocenters. The van der Waals surface area contributed by atoms with E-state index in [1.807, 2.05) is 11.9 Å². The normalized spacial score (nSPS) is 33.9. The Kier molecular flexibility index (Phi) is 4.18. The Bertz CT molecular complexity index is 1090. The molecule has 168 valence electrons. The van der Waals surface area contributed by atoms with Gasteiger partial charge in [-0.25, -0.2) is 13.8 Å². The molecule has 1 aliphatic carbocycles. The van der Waals surface area contributed by atoms with Gasteiger partial charge in [-0.3, -0.25) is 4.90 Å². The molecule has 1 spiro atoms. The average molecular weight is 455 g/mol. The summed E-state index contributed by atoms with van der Waals surface area (Å²) < 4.78 is 50.2. The first-order chi connectivity index (χ1) is 15.3. The van der Waals surface area contributed by atoms with Crippen molar-refractivity contribution in [1.82, 2.24) is 20.1 Å². The third kappa shape index (κ3) is 2.89. The van der Waals surface area contributed by atoms with Crippen molar-refractivity contribution in [2.45, 2.75) is 62.1 Å². The highest BCUT2D eigenvalue weighted by Crippen LogP contribution is 2.42. The molecule has 1 aromatic heterocycles. The maximum atomic E-state index is 15.1. The lowest BCUT2D eigenvalue weighted by molar-refractivity contribution is -0.0256. The van der Waals surface area contributed by atoms with Crippen LogP contribution in [-0.2, 0) is 4.74 Å². The summed E-state index contributed by atoms with van der Waals surface area (Å²) in [7, 11) is 1.90. The van der Waals surface area contributed by atoms with Gasteiger partial charge in [0, 0.05) is 25.6 Å². The van der Waals surface area contributed by atoms with Gasteiger partial charge in [0.1, 0.15) is 29.2 Å². The monoisotopic (exact) mass is 454 g/mol. The quantitative estimate of drug-likeness (QED) is 0.694. The van der Waals surface area contributed by atoms with E-state index in [0.717, 1.165) is 38.6 Å². The van der Waals surface area contributed by atoms with Crippen LogP contribution in [-0.4, -0.2) is 71.7 Å². The smallest absolute Gasteiger partial charge is 0.228 e. The van der Waals surface area contributed by atoms with Crippen molar-refractivity contribution in [1.29, 1.82) is 0 Å². The van der Waals surface area contributed by atoms with E-state index < -0.39 is 18.3 Å². The first-order valence-corrected chi connectivity index (χ1v) is 11.3. The minimum Gasteiger partial charge on any atom is -0.475 e. The third-order valence-corrected chi connectivity index (χ3v) is 8.04. The SMILES string of the molecule is [2H]N1C2=c3c(nc(Cl)c(F)c3=NC1OC[C@@]13CCCN1C[C@H](F)C3)OCC1(CCC1)N2C. The van der Waals surface area contributed by atoms with Gasteiger partial charge in [0.15, 0.2) is 12.4 Å². The van der Waals surface area contributed by atoms with Crippen molar-refractivity contribution in [3.63, 3.8) is 0 Å². The number of alkyl halides is 1. The lowest BCUT2D eigenvalue weighted by Crippen LogP contribution is -2.59. The number of fused-ring (bicyclic) bond motifs is 1. The van der Waals surface area contributed by atoms with Crippen molar-refractivity contribution < 1.29 is 19.7 Å². The molecule has 1 unspecified atom stereocenters. The van der Waals surface area contributed by atoms with Crippen LogP contribution in [0.4, 0.5) is 8.78 Å². The van der Waals surface area contributed by atoms with Crippen molar-refractivity contribution >= 4 is 17.4 Å². The molecule has 1 aromatic rings. The molecule has 7 nitrogen and oxygen atoms in total. The lowest BCUT2D eigenvalue weighted by atomic mass is 9.76. The minimum atomic E-state index is -1.08. The molecule has 5 aliphatic rings. The number of rotatable bonds is 3. The van der Waals surface area contributed by atoms with Crippen LogP contribution in [0.25, 0.3) is 5.82 Å². The molecular formula is C21H26ClF2N5O2. The first-order valence-electron chi connectivity index (χ1n) is 11.4. The molecule has 2 saturated heterocycles. The van der Waals surface area contributed by atoms with Gasteiger partial charge >= 0.3 is 0 Å². The van der Waals surface area contributed by atoms with Crippen LogP contribution >= 0.6 is 11.6 Å². The van der Waals surface area contributed by atoms with Crippen LogP contribution in [0.15, 0.2) is 4.99 Å². The summed E-state index contributed by atoms with van der Waals surface area (Å²) in [4.78, 5) is 12.7. The average Bonchev–Trinajstić information content (AvgIpc) is 3.20. The van der Waals surface area contributed by atoms with Gasteiger partial charge in [-0.2, -0.15) is 4.98 Å². The second-order valence-electron chi connectivity index (χ2n) is 9.47. The van der Waals surface area contributed by atoms with E-state index in [1.165, 1.54) is 5.31 Å². The molecular weight excluding hydrogens is 428 g/mol. The Labute approximate surface area is 185 Å². The van der Waals surface area contributed by atoms with Crippen molar-refractivity contribution in [2.24, 2.45) is 4.99 Å². The van der Waals surface area contributed by atoms with Crippen LogP contribution < -0.4 is 20.6 Å². The number of nitrogens with one attached hydrogen (secondary N) is 1. The highest BCUT2D eigenvalue weighted by atomic mass is 35.5. The van der Waals surface area contributed by atoms with Crippen molar-refractivity contribution in [3.05, 3.63) is 21.5 Å². The predicted octanol–water partition coefficient (Wildman–Crippen LogP) is 1.29.